The topological polar surface area (TPSA) is 69.4 Å². The molecule has 0 bridgehead atoms. The Hall–Kier alpha value is -0.590. The maximum Gasteiger partial charge on any atom is 0.179 e. The number of halogens is 1. The van der Waals surface area contributed by atoms with Crippen molar-refractivity contribution in [2.75, 3.05) is 18.1 Å². The molecule has 0 spiro atoms. The highest BCUT2D eigenvalue weighted by Gasteiger charge is 2.22. The second kappa shape index (κ2) is 5.59. The number of nitrogen functional groups attached to an aromatic ring is 1. The summed E-state index contributed by atoms with van der Waals surface area (Å²) in [6, 6.07) is 4.76. The van der Waals surface area contributed by atoms with Crippen molar-refractivity contribution in [3.63, 3.8) is 0 Å². The van der Waals surface area contributed by atoms with E-state index in [-0.39, 0.29) is 11.9 Å². The van der Waals surface area contributed by atoms with E-state index in [1.165, 1.54) is 0 Å². The minimum atomic E-state index is -3.28. The average molecular weight is 334 g/mol. The van der Waals surface area contributed by atoms with Crippen molar-refractivity contribution in [3.05, 3.63) is 22.7 Å². The summed E-state index contributed by atoms with van der Waals surface area (Å²) in [6.07, 6.45) is 2.63. The number of hydrogen-bond acceptors (Lipinski definition) is 4. The van der Waals surface area contributed by atoms with Gasteiger partial charge in [-0.05, 0) is 53.4 Å². The third-order valence-corrected chi connectivity index (χ3v) is 5.74. The Bertz CT molecular complexity index is 524. The van der Waals surface area contributed by atoms with E-state index in [1.54, 1.807) is 18.2 Å². The fourth-order valence-electron chi connectivity index (χ4n) is 2.04. The fraction of sp³-hybridized carbons (Fsp3) is 0.500. The number of hydrogen-bond donors (Lipinski definition) is 1. The van der Waals surface area contributed by atoms with Crippen molar-refractivity contribution in [1.82, 2.24) is 0 Å². The van der Waals surface area contributed by atoms with Gasteiger partial charge in [-0.2, -0.15) is 0 Å². The number of nitrogens with two attached hydrogens (primary N) is 1. The van der Waals surface area contributed by atoms with Crippen LogP contribution in [-0.4, -0.2) is 26.9 Å². The smallest absolute Gasteiger partial charge is 0.179 e. The van der Waals surface area contributed by atoms with Crippen LogP contribution in [0.1, 0.15) is 19.3 Å². The van der Waals surface area contributed by atoms with E-state index in [2.05, 4.69) is 15.9 Å². The Labute approximate surface area is 116 Å². The molecule has 1 aromatic rings. The highest BCUT2D eigenvalue weighted by molar-refractivity contribution is 9.10. The Kier molecular flexibility index (Phi) is 4.29. The van der Waals surface area contributed by atoms with Gasteiger partial charge >= 0.3 is 0 Å². The summed E-state index contributed by atoms with van der Waals surface area (Å²) in [5.74, 6) is 0.111. The first-order valence-corrected chi connectivity index (χ1v) is 8.33. The van der Waals surface area contributed by atoms with Crippen LogP contribution in [0.15, 0.2) is 27.6 Å². The lowest BCUT2D eigenvalue weighted by molar-refractivity contribution is 0.109. The van der Waals surface area contributed by atoms with Gasteiger partial charge in [-0.1, -0.05) is 0 Å². The van der Waals surface area contributed by atoms with E-state index in [9.17, 15) is 8.42 Å². The summed E-state index contributed by atoms with van der Waals surface area (Å²) in [6.45, 7) is 0.746. The van der Waals surface area contributed by atoms with Gasteiger partial charge in [0.2, 0.25) is 0 Å². The molecular formula is C12H16BrNO3S. The minimum Gasteiger partial charge on any atom is -0.399 e. The van der Waals surface area contributed by atoms with Crippen LogP contribution < -0.4 is 5.73 Å². The van der Waals surface area contributed by atoms with E-state index in [1.807, 2.05) is 0 Å². The van der Waals surface area contributed by atoms with E-state index in [4.69, 9.17) is 10.5 Å². The Morgan fingerprint density at radius 3 is 2.83 bits per heavy atom. The summed E-state index contributed by atoms with van der Waals surface area (Å²) in [7, 11) is -3.28. The molecule has 1 aliphatic rings. The number of benzene rings is 1. The van der Waals surface area contributed by atoms with Gasteiger partial charge in [-0.25, -0.2) is 8.42 Å². The standard InChI is InChI=1S/C12H16BrNO3S/c13-11-8-9(14)3-4-12(11)18(15,16)7-5-10-2-1-6-17-10/h3-4,8,10H,1-2,5-7,14H2. The van der Waals surface area contributed by atoms with Crippen LogP contribution >= 0.6 is 15.9 Å². The summed E-state index contributed by atoms with van der Waals surface area (Å²) in [5, 5.41) is 0. The number of anilines is 1. The van der Waals surface area contributed by atoms with Gasteiger partial charge in [0.25, 0.3) is 0 Å². The molecule has 0 aromatic heterocycles. The lowest BCUT2D eigenvalue weighted by atomic mass is 10.2. The lowest BCUT2D eigenvalue weighted by Crippen LogP contribution is -2.15. The van der Waals surface area contributed by atoms with Crippen molar-refractivity contribution < 1.29 is 13.2 Å². The van der Waals surface area contributed by atoms with Crippen LogP contribution in [0.3, 0.4) is 0 Å². The first kappa shape index (κ1) is 13.8. The van der Waals surface area contributed by atoms with Gasteiger partial charge in [-0.15, -0.1) is 0 Å². The van der Waals surface area contributed by atoms with Gasteiger partial charge < -0.3 is 10.5 Å². The zero-order valence-electron chi connectivity index (χ0n) is 9.93. The Morgan fingerprint density at radius 1 is 1.44 bits per heavy atom. The predicted molar refractivity (Wildman–Crippen MR) is 74.2 cm³/mol. The second-order valence-electron chi connectivity index (χ2n) is 4.43. The van der Waals surface area contributed by atoms with Crippen LogP contribution in [-0.2, 0) is 14.6 Å². The number of ether oxygens (including phenoxy) is 1. The molecule has 1 saturated heterocycles. The molecule has 0 aliphatic carbocycles. The highest BCUT2D eigenvalue weighted by atomic mass is 79.9. The highest BCUT2D eigenvalue weighted by Crippen LogP contribution is 2.26. The van der Waals surface area contributed by atoms with Crippen molar-refractivity contribution in [2.24, 2.45) is 0 Å². The molecule has 1 aromatic carbocycles. The monoisotopic (exact) mass is 333 g/mol. The molecule has 1 heterocycles. The van der Waals surface area contributed by atoms with Crippen molar-refractivity contribution in [2.45, 2.75) is 30.3 Å². The Morgan fingerprint density at radius 2 is 2.22 bits per heavy atom. The van der Waals surface area contributed by atoms with Crippen LogP contribution in [0, 0.1) is 0 Å². The van der Waals surface area contributed by atoms with Crippen molar-refractivity contribution in [1.29, 1.82) is 0 Å². The van der Waals surface area contributed by atoms with Crippen molar-refractivity contribution in [3.8, 4) is 0 Å². The summed E-state index contributed by atoms with van der Waals surface area (Å²) in [5.41, 5.74) is 6.14. The van der Waals surface area contributed by atoms with Crippen LogP contribution in [0.25, 0.3) is 0 Å². The van der Waals surface area contributed by atoms with Gasteiger partial charge in [0.15, 0.2) is 9.84 Å². The van der Waals surface area contributed by atoms with Gasteiger partial charge in [0.1, 0.15) is 0 Å². The largest absolute Gasteiger partial charge is 0.399 e. The molecule has 6 heteroatoms. The zero-order valence-corrected chi connectivity index (χ0v) is 12.3. The first-order valence-electron chi connectivity index (χ1n) is 5.88. The van der Waals surface area contributed by atoms with Crippen molar-refractivity contribution >= 4 is 31.5 Å². The Balaban J connectivity index is 2.09. The first-order chi connectivity index (χ1) is 8.49. The molecule has 18 heavy (non-hydrogen) atoms. The fourth-order valence-corrected chi connectivity index (χ4v) is 4.60. The molecule has 1 atom stereocenters. The normalized spacial score (nSPS) is 20.2. The SMILES string of the molecule is Nc1ccc(S(=O)(=O)CCC2CCCO2)c(Br)c1. The van der Waals surface area contributed by atoms with E-state index < -0.39 is 9.84 Å². The molecular weight excluding hydrogens is 318 g/mol. The van der Waals surface area contributed by atoms with Crippen LogP contribution in [0.4, 0.5) is 5.69 Å². The molecule has 4 nitrogen and oxygen atoms in total. The summed E-state index contributed by atoms with van der Waals surface area (Å²) in [4.78, 5) is 0.301. The number of sulfone groups is 1. The quantitative estimate of drug-likeness (QED) is 0.859. The van der Waals surface area contributed by atoms with Crippen LogP contribution in [0.5, 0.6) is 0 Å². The molecule has 0 amide bonds. The molecule has 1 fully saturated rings. The third-order valence-electron chi connectivity index (χ3n) is 3.02. The van der Waals surface area contributed by atoms with Crippen LogP contribution in [0.2, 0.25) is 0 Å². The predicted octanol–water partition coefficient (Wildman–Crippen LogP) is 2.37. The van der Waals surface area contributed by atoms with E-state index in [0.29, 0.717) is 21.5 Å². The summed E-state index contributed by atoms with van der Waals surface area (Å²) >= 11 is 3.25. The summed E-state index contributed by atoms with van der Waals surface area (Å²) < 4.78 is 30.3. The molecule has 100 valence electrons. The molecule has 2 rings (SSSR count). The molecule has 2 N–H and O–H groups in total. The third kappa shape index (κ3) is 3.24. The zero-order chi connectivity index (χ0) is 13.2. The number of rotatable bonds is 4. The second-order valence-corrected chi connectivity index (χ2v) is 7.36. The van der Waals surface area contributed by atoms with Gasteiger partial charge in [-0.3, -0.25) is 0 Å². The van der Waals surface area contributed by atoms with Gasteiger partial charge in [0.05, 0.1) is 16.8 Å². The molecule has 1 unspecified atom stereocenters. The maximum atomic E-state index is 12.2. The average Bonchev–Trinajstić information content (AvgIpc) is 2.78. The molecule has 0 radical (unpaired) electrons. The minimum absolute atomic E-state index is 0.0901. The van der Waals surface area contributed by atoms with E-state index >= 15 is 0 Å². The van der Waals surface area contributed by atoms with E-state index in [0.717, 1.165) is 19.4 Å². The maximum absolute atomic E-state index is 12.2. The lowest BCUT2D eigenvalue weighted by Gasteiger charge is -2.11. The molecule has 0 saturated carbocycles. The molecule has 1 aliphatic heterocycles. The van der Waals surface area contributed by atoms with Gasteiger partial charge in [0, 0.05) is 16.8 Å².